The van der Waals surface area contributed by atoms with E-state index in [9.17, 15) is 0 Å². The minimum atomic E-state index is 0.842. The average molecular weight is 211 g/mol. The van der Waals surface area contributed by atoms with E-state index in [0.29, 0.717) is 0 Å². The SMILES string of the molecule is CC(Cc1cccc(N)c1)=C1C=CC=CC1. The molecule has 2 rings (SSSR count). The fourth-order valence-corrected chi connectivity index (χ4v) is 1.95. The zero-order chi connectivity index (χ0) is 11.4. The van der Waals surface area contributed by atoms with Crippen LogP contribution in [0.2, 0.25) is 0 Å². The van der Waals surface area contributed by atoms with Crippen LogP contribution in [-0.4, -0.2) is 0 Å². The van der Waals surface area contributed by atoms with Crippen LogP contribution in [0, 0.1) is 0 Å². The van der Waals surface area contributed by atoms with E-state index in [1.54, 1.807) is 0 Å². The molecule has 0 aromatic heterocycles. The topological polar surface area (TPSA) is 26.0 Å². The van der Waals surface area contributed by atoms with Crippen LogP contribution in [0.15, 0.2) is 59.7 Å². The van der Waals surface area contributed by atoms with Gasteiger partial charge in [0.15, 0.2) is 0 Å². The third-order valence-electron chi connectivity index (χ3n) is 2.85. The molecule has 0 atom stereocenters. The molecule has 0 spiro atoms. The van der Waals surface area contributed by atoms with Crippen molar-refractivity contribution in [1.29, 1.82) is 0 Å². The predicted octanol–water partition coefficient (Wildman–Crippen LogP) is 3.64. The van der Waals surface area contributed by atoms with E-state index in [-0.39, 0.29) is 0 Å². The Bertz CT molecular complexity index is 464. The van der Waals surface area contributed by atoms with Gasteiger partial charge in [0.2, 0.25) is 0 Å². The highest BCUT2D eigenvalue weighted by Gasteiger charge is 2.02. The molecule has 1 nitrogen and oxygen atoms in total. The van der Waals surface area contributed by atoms with Gasteiger partial charge in [0.1, 0.15) is 0 Å². The molecule has 0 unspecified atom stereocenters. The quantitative estimate of drug-likeness (QED) is 0.742. The molecule has 0 aliphatic heterocycles. The number of nitrogens with two attached hydrogens (primary N) is 1. The molecule has 0 saturated heterocycles. The summed E-state index contributed by atoms with van der Waals surface area (Å²) in [6, 6.07) is 8.11. The maximum atomic E-state index is 5.77. The lowest BCUT2D eigenvalue weighted by Crippen LogP contribution is -1.94. The van der Waals surface area contributed by atoms with Crippen molar-refractivity contribution < 1.29 is 0 Å². The first kappa shape index (κ1) is 10.7. The molecule has 0 amide bonds. The predicted molar refractivity (Wildman–Crippen MR) is 70.2 cm³/mol. The van der Waals surface area contributed by atoms with Crippen LogP contribution in [-0.2, 0) is 6.42 Å². The molecule has 1 aliphatic carbocycles. The van der Waals surface area contributed by atoms with E-state index < -0.39 is 0 Å². The van der Waals surface area contributed by atoms with Crippen LogP contribution in [0.25, 0.3) is 0 Å². The molecular weight excluding hydrogens is 194 g/mol. The second-order valence-electron chi connectivity index (χ2n) is 4.22. The Kier molecular flexibility index (Phi) is 3.25. The molecule has 82 valence electrons. The second-order valence-corrected chi connectivity index (χ2v) is 4.22. The van der Waals surface area contributed by atoms with Crippen LogP contribution < -0.4 is 5.73 Å². The molecule has 0 heterocycles. The van der Waals surface area contributed by atoms with Gasteiger partial charge >= 0.3 is 0 Å². The van der Waals surface area contributed by atoms with Crippen LogP contribution in [0.1, 0.15) is 18.9 Å². The first-order valence-corrected chi connectivity index (χ1v) is 5.62. The summed E-state index contributed by atoms with van der Waals surface area (Å²) in [4.78, 5) is 0. The third-order valence-corrected chi connectivity index (χ3v) is 2.85. The number of hydrogen-bond donors (Lipinski definition) is 1. The number of hydrogen-bond acceptors (Lipinski definition) is 1. The molecule has 2 N–H and O–H groups in total. The van der Waals surface area contributed by atoms with Gasteiger partial charge in [-0.2, -0.15) is 0 Å². The van der Waals surface area contributed by atoms with Crippen molar-refractivity contribution in [3.8, 4) is 0 Å². The summed E-state index contributed by atoms with van der Waals surface area (Å²) >= 11 is 0. The summed E-state index contributed by atoms with van der Waals surface area (Å²) in [5.41, 5.74) is 10.7. The lowest BCUT2D eigenvalue weighted by molar-refractivity contribution is 1.07. The van der Waals surface area contributed by atoms with Crippen molar-refractivity contribution in [1.82, 2.24) is 0 Å². The highest BCUT2D eigenvalue weighted by Crippen LogP contribution is 2.19. The molecule has 1 aliphatic rings. The van der Waals surface area contributed by atoms with Gasteiger partial charge in [-0.05, 0) is 43.0 Å². The van der Waals surface area contributed by atoms with Crippen molar-refractivity contribution in [2.45, 2.75) is 19.8 Å². The smallest absolute Gasteiger partial charge is 0.0316 e. The van der Waals surface area contributed by atoms with Crippen molar-refractivity contribution in [2.75, 3.05) is 5.73 Å². The first-order valence-electron chi connectivity index (χ1n) is 5.62. The Morgan fingerprint density at radius 2 is 2.19 bits per heavy atom. The van der Waals surface area contributed by atoms with Crippen LogP contribution in [0.4, 0.5) is 5.69 Å². The fraction of sp³-hybridized carbons (Fsp3) is 0.200. The van der Waals surface area contributed by atoms with Crippen LogP contribution in [0.5, 0.6) is 0 Å². The number of nitrogen functional groups attached to an aromatic ring is 1. The summed E-state index contributed by atoms with van der Waals surface area (Å²) in [6.07, 6.45) is 10.6. The van der Waals surface area contributed by atoms with Crippen molar-refractivity contribution >= 4 is 5.69 Å². The molecular formula is C15H17N. The minimum absolute atomic E-state index is 0.842. The van der Waals surface area contributed by atoms with E-state index in [1.165, 1.54) is 16.7 Å². The van der Waals surface area contributed by atoms with Crippen LogP contribution in [0.3, 0.4) is 0 Å². The second kappa shape index (κ2) is 4.84. The molecule has 0 radical (unpaired) electrons. The summed E-state index contributed by atoms with van der Waals surface area (Å²) in [7, 11) is 0. The summed E-state index contributed by atoms with van der Waals surface area (Å²) in [5.74, 6) is 0. The molecule has 1 aromatic carbocycles. The Balaban J connectivity index is 2.15. The van der Waals surface area contributed by atoms with Gasteiger partial charge in [-0.15, -0.1) is 0 Å². The highest BCUT2D eigenvalue weighted by molar-refractivity contribution is 5.43. The van der Waals surface area contributed by atoms with Gasteiger partial charge in [0.25, 0.3) is 0 Å². The Labute approximate surface area is 97.0 Å². The number of anilines is 1. The molecule has 1 heteroatoms. The van der Waals surface area contributed by atoms with Crippen molar-refractivity contribution in [3.05, 3.63) is 65.3 Å². The number of rotatable bonds is 2. The maximum Gasteiger partial charge on any atom is 0.0316 e. The van der Waals surface area contributed by atoms with Crippen molar-refractivity contribution in [2.24, 2.45) is 0 Å². The zero-order valence-electron chi connectivity index (χ0n) is 9.61. The summed E-state index contributed by atoms with van der Waals surface area (Å²) in [6.45, 7) is 2.20. The van der Waals surface area contributed by atoms with E-state index in [2.05, 4.69) is 37.3 Å². The average Bonchev–Trinajstić information content (AvgIpc) is 2.30. The van der Waals surface area contributed by atoms with Gasteiger partial charge in [-0.1, -0.05) is 42.0 Å². The number of allylic oxidation sites excluding steroid dienone is 6. The molecule has 1 aromatic rings. The van der Waals surface area contributed by atoms with E-state index in [1.807, 2.05) is 18.2 Å². The summed E-state index contributed by atoms with van der Waals surface area (Å²) < 4.78 is 0. The third kappa shape index (κ3) is 2.63. The zero-order valence-corrected chi connectivity index (χ0v) is 9.61. The summed E-state index contributed by atoms with van der Waals surface area (Å²) in [5, 5.41) is 0. The van der Waals surface area contributed by atoms with Gasteiger partial charge in [-0.3, -0.25) is 0 Å². The maximum absolute atomic E-state index is 5.77. The monoisotopic (exact) mass is 211 g/mol. The van der Waals surface area contributed by atoms with E-state index in [4.69, 9.17) is 5.73 Å². The Hall–Kier alpha value is -1.76. The van der Waals surface area contributed by atoms with E-state index in [0.717, 1.165) is 18.5 Å². The molecule has 16 heavy (non-hydrogen) atoms. The van der Waals surface area contributed by atoms with Crippen molar-refractivity contribution in [3.63, 3.8) is 0 Å². The minimum Gasteiger partial charge on any atom is -0.399 e. The lowest BCUT2D eigenvalue weighted by atomic mass is 9.97. The molecule has 0 fully saturated rings. The molecule has 0 bridgehead atoms. The Morgan fingerprint density at radius 3 is 2.88 bits per heavy atom. The van der Waals surface area contributed by atoms with Gasteiger partial charge in [-0.25, -0.2) is 0 Å². The Morgan fingerprint density at radius 1 is 1.31 bits per heavy atom. The molecule has 0 saturated carbocycles. The largest absolute Gasteiger partial charge is 0.399 e. The van der Waals surface area contributed by atoms with Gasteiger partial charge in [0, 0.05) is 5.69 Å². The van der Waals surface area contributed by atoms with Crippen LogP contribution >= 0.6 is 0 Å². The van der Waals surface area contributed by atoms with Gasteiger partial charge < -0.3 is 5.73 Å². The normalized spacial score (nSPS) is 17.6. The first-order chi connectivity index (χ1) is 7.75. The van der Waals surface area contributed by atoms with E-state index >= 15 is 0 Å². The number of benzene rings is 1. The van der Waals surface area contributed by atoms with Gasteiger partial charge in [0.05, 0.1) is 0 Å². The fourth-order valence-electron chi connectivity index (χ4n) is 1.95. The highest BCUT2D eigenvalue weighted by atomic mass is 14.5. The lowest BCUT2D eigenvalue weighted by Gasteiger charge is -2.09. The standard InChI is InChI=1S/C15H17N/c1-12(14-7-3-2-4-8-14)10-13-6-5-9-15(16)11-13/h2-7,9,11H,8,10,16H2,1H3.